The molecule has 1 aromatic carbocycles. The van der Waals surface area contributed by atoms with E-state index in [0.717, 1.165) is 11.3 Å². The van der Waals surface area contributed by atoms with Gasteiger partial charge in [-0.2, -0.15) is 4.89 Å². The van der Waals surface area contributed by atoms with Crippen LogP contribution in [0.3, 0.4) is 0 Å². The molecule has 1 aliphatic rings. The van der Waals surface area contributed by atoms with E-state index in [1.807, 2.05) is 24.3 Å². The van der Waals surface area contributed by atoms with E-state index < -0.39 is 19.7 Å². The van der Waals surface area contributed by atoms with Gasteiger partial charge >= 0.3 is 0 Å². The van der Waals surface area contributed by atoms with Gasteiger partial charge in [-0.05, 0) is 35.7 Å². The smallest absolute Gasteiger partial charge is 0.263 e. The Balaban J connectivity index is 2.43. The summed E-state index contributed by atoms with van der Waals surface area (Å²) in [5.74, 6) is -0.259. The van der Waals surface area contributed by atoms with Crippen molar-refractivity contribution in [3.8, 4) is 5.75 Å². The van der Waals surface area contributed by atoms with Crippen LogP contribution in [0.5, 0.6) is 5.75 Å². The van der Waals surface area contributed by atoms with Crippen LogP contribution in [-0.2, 0) is 25.0 Å². The summed E-state index contributed by atoms with van der Waals surface area (Å²) in [6, 6.07) is 8.02. The van der Waals surface area contributed by atoms with E-state index in [9.17, 15) is 0 Å². The molecule has 2 atom stereocenters. The van der Waals surface area contributed by atoms with Crippen LogP contribution in [0.4, 0.5) is 0 Å². The van der Waals surface area contributed by atoms with Crippen molar-refractivity contribution in [2.75, 3.05) is 20.3 Å². The van der Waals surface area contributed by atoms with Crippen molar-refractivity contribution in [3.63, 3.8) is 0 Å². The lowest BCUT2D eigenvalue weighted by atomic mass is 9.68. The van der Waals surface area contributed by atoms with Crippen LogP contribution in [0.1, 0.15) is 67.9 Å². The van der Waals surface area contributed by atoms with Crippen LogP contribution in [0.25, 0.3) is 0 Å². The van der Waals surface area contributed by atoms with Gasteiger partial charge < -0.3 is 13.9 Å². The lowest BCUT2D eigenvalue weighted by molar-refractivity contribution is -0.638. The number of hydrogen-bond donors (Lipinski definition) is 0. The minimum Gasteiger partial charge on any atom is -0.543 e. The molecular formula is C25H44O5Si. The molecule has 0 N–H and O–H groups in total. The Labute approximate surface area is 190 Å². The van der Waals surface area contributed by atoms with Crippen LogP contribution >= 0.6 is 0 Å². The van der Waals surface area contributed by atoms with Crippen molar-refractivity contribution < 1.29 is 23.7 Å². The van der Waals surface area contributed by atoms with Crippen LogP contribution in [0.15, 0.2) is 24.3 Å². The summed E-state index contributed by atoms with van der Waals surface area (Å²) in [6.45, 7) is 25.0. The first-order chi connectivity index (χ1) is 13.9. The molecule has 1 heterocycles. The Hall–Kier alpha value is -0.923. The number of hydrogen-bond acceptors (Lipinski definition) is 5. The molecule has 6 heteroatoms. The highest BCUT2D eigenvalue weighted by Crippen LogP contribution is 2.58. The largest absolute Gasteiger partial charge is 0.543 e. The highest BCUT2D eigenvalue weighted by molar-refractivity contribution is 6.74. The van der Waals surface area contributed by atoms with E-state index in [1.54, 1.807) is 7.11 Å². The first kappa shape index (κ1) is 26.3. The van der Waals surface area contributed by atoms with Crippen molar-refractivity contribution in [3.05, 3.63) is 29.8 Å². The summed E-state index contributed by atoms with van der Waals surface area (Å²) in [4.78, 5) is 11.7. The van der Waals surface area contributed by atoms with Gasteiger partial charge in [-0.1, -0.05) is 74.4 Å². The molecule has 0 radical (unpaired) electrons. The summed E-state index contributed by atoms with van der Waals surface area (Å²) < 4.78 is 18.8. The lowest BCUT2D eigenvalue weighted by Crippen LogP contribution is -2.73. The quantitative estimate of drug-likeness (QED) is 0.341. The van der Waals surface area contributed by atoms with Crippen LogP contribution < -0.4 is 4.43 Å². The zero-order chi connectivity index (χ0) is 23.9. The molecule has 5 nitrogen and oxygen atoms in total. The molecule has 1 aliphatic heterocycles. The average molecular weight is 453 g/mol. The fourth-order valence-electron chi connectivity index (χ4n) is 3.48. The Morgan fingerprint density at radius 3 is 1.97 bits per heavy atom. The van der Waals surface area contributed by atoms with Gasteiger partial charge in [0.05, 0.1) is 13.2 Å². The molecule has 0 bridgehead atoms. The molecular weight excluding hydrogens is 408 g/mol. The number of rotatable bonds is 7. The molecule has 1 fully saturated rings. The lowest BCUT2D eigenvalue weighted by Gasteiger charge is -2.60. The standard InChI is InChI=1S/C25H44O5Si/c1-21(2,3)17-27-18-24(22(4,5)6)25(26-10,30-29-24)19-14-13-15-20(16-19)28-31(11,12)23(7,8)9/h13-16H,17-18H2,1-12H3. The topological polar surface area (TPSA) is 46.2 Å². The third-order valence-electron chi connectivity index (χ3n) is 6.57. The highest BCUT2D eigenvalue weighted by Gasteiger charge is 2.72. The second kappa shape index (κ2) is 8.45. The van der Waals surface area contributed by atoms with Crippen molar-refractivity contribution in [2.24, 2.45) is 10.8 Å². The van der Waals surface area contributed by atoms with E-state index in [-0.39, 0.29) is 15.9 Å². The summed E-state index contributed by atoms with van der Waals surface area (Å²) >= 11 is 0. The van der Waals surface area contributed by atoms with E-state index in [2.05, 4.69) is 75.4 Å². The summed E-state index contributed by atoms with van der Waals surface area (Å²) in [7, 11) is -0.321. The first-order valence-corrected chi connectivity index (χ1v) is 14.1. The third kappa shape index (κ3) is 5.03. The summed E-state index contributed by atoms with van der Waals surface area (Å²) in [6.07, 6.45) is 0. The Morgan fingerprint density at radius 1 is 0.935 bits per heavy atom. The SMILES string of the molecule is COC1(c2cccc(O[Si](C)(C)C(C)(C)C)c2)OOC1(COCC(C)(C)C)C(C)(C)C. The molecule has 1 saturated heterocycles. The maximum absolute atomic E-state index is 6.55. The maximum atomic E-state index is 6.55. The maximum Gasteiger partial charge on any atom is 0.263 e. The number of benzene rings is 1. The molecule has 1 aromatic rings. The second-order valence-corrected chi connectivity index (χ2v) is 17.2. The highest BCUT2D eigenvalue weighted by atomic mass is 28.4. The van der Waals surface area contributed by atoms with Gasteiger partial charge in [-0.15, -0.1) is 0 Å². The summed E-state index contributed by atoms with van der Waals surface area (Å²) in [5, 5.41) is 0.105. The minimum atomic E-state index is -1.98. The fraction of sp³-hybridized carbons (Fsp3) is 0.760. The molecule has 0 aliphatic carbocycles. The van der Waals surface area contributed by atoms with Crippen LogP contribution in [-0.4, -0.2) is 34.2 Å². The molecule has 0 spiro atoms. The number of ether oxygens (including phenoxy) is 2. The molecule has 31 heavy (non-hydrogen) atoms. The minimum absolute atomic E-state index is 0.0519. The first-order valence-electron chi connectivity index (χ1n) is 11.2. The Kier molecular flexibility index (Phi) is 7.18. The van der Waals surface area contributed by atoms with E-state index in [1.165, 1.54) is 0 Å². The van der Waals surface area contributed by atoms with Gasteiger partial charge in [0.2, 0.25) is 8.32 Å². The van der Waals surface area contributed by atoms with Crippen molar-refractivity contribution in [1.82, 2.24) is 0 Å². The predicted molar refractivity (Wildman–Crippen MR) is 128 cm³/mol. The molecule has 0 saturated carbocycles. The molecule has 2 unspecified atom stereocenters. The van der Waals surface area contributed by atoms with Crippen molar-refractivity contribution >= 4 is 8.32 Å². The van der Waals surface area contributed by atoms with Crippen LogP contribution in [0, 0.1) is 10.8 Å². The normalized spacial score (nSPS) is 25.3. The Morgan fingerprint density at radius 2 is 1.55 bits per heavy atom. The Bertz CT molecular complexity index is 752. The van der Waals surface area contributed by atoms with Gasteiger partial charge in [-0.3, -0.25) is 0 Å². The molecule has 2 rings (SSSR count). The van der Waals surface area contributed by atoms with Gasteiger partial charge in [0, 0.05) is 18.1 Å². The van der Waals surface area contributed by atoms with E-state index >= 15 is 0 Å². The van der Waals surface area contributed by atoms with Crippen molar-refractivity contribution in [1.29, 1.82) is 0 Å². The molecule has 0 aromatic heterocycles. The monoisotopic (exact) mass is 452 g/mol. The van der Waals surface area contributed by atoms with Gasteiger partial charge in [0.25, 0.3) is 5.79 Å². The molecule has 178 valence electrons. The zero-order valence-corrected chi connectivity index (χ0v) is 22.8. The molecule has 0 amide bonds. The van der Waals surface area contributed by atoms with Crippen LogP contribution in [0.2, 0.25) is 18.1 Å². The van der Waals surface area contributed by atoms with Gasteiger partial charge in [0.15, 0.2) is 5.60 Å². The fourth-order valence-corrected chi connectivity index (χ4v) is 4.51. The van der Waals surface area contributed by atoms with Gasteiger partial charge in [0.1, 0.15) is 5.75 Å². The number of methoxy groups -OCH3 is 1. The van der Waals surface area contributed by atoms with E-state index in [0.29, 0.717) is 13.2 Å². The average Bonchev–Trinajstić information content (AvgIpc) is 2.55. The predicted octanol–water partition coefficient (Wildman–Crippen LogP) is 6.68. The summed E-state index contributed by atoms with van der Waals surface area (Å²) in [5.41, 5.74) is -0.201. The zero-order valence-electron chi connectivity index (χ0n) is 21.8. The van der Waals surface area contributed by atoms with Crippen molar-refractivity contribution in [2.45, 2.75) is 91.8 Å². The van der Waals surface area contributed by atoms with Gasteiger partial charge in [-0.25, -0.2) is 4.89 Å². The second-order valence-electron chi connectivity index (χ2n) is 12.5. The third-order valence-corrected chi connectivity index (χ3v) is 10.9. The van der Waals surface area contributed by atoms with E-state index in [4.69, 9.17) is 23.7 Å².